The van der Waals surface area contributed by atoms with Crippen LogP contribution in [0.1, 0.15) is 31.3 Å². The standard InChI is InChI=1S/C13H16FN3S/c1-3-11(15-4-2)13-17-16-12(18-13)9-7-5-6-8-10(9)14/h5-8,11,15H,3-4H2,1-2H3. The molecule has 0 amide bonds. The molecule has 18 heavy (non-hydrogen) atoms. The number of hydrogen-bond donors (Lipinski definition) is 1. The molecule has 5 heteroatoms. The highest BCUT2D eigenvalue weighted by molar-refractivity contribution is 7.14. The highest BCUT2D eigenvalue weighted by Crippen LogP contribution is 2.29. The van der Waals surface area contributed by atoms with E-state index in [0.717, 1.165) is 18.0 Å². The smallest absolute Gasteiger partial charge is 0.150 e. The third-order valence-electron chi connectivity index (χ3n) is 2.70. The highest BCUT2D eigenvalue weighted by Gasteiger charge is 2.16. The fourth-order valence-corrected chi connectivity index (χ4v) is 2.80. The molecule has 0 saturated heterocycles. The molecule has 1 N–H and O–H groups in total. The number of nitrogens with zero attached hydrogens (tertiary/aromatic N) is 2. The summed E-state index contributed by atoms with van der Waals surface area (Å²) in [5.41, 5.74) is 0.521. The first-order valence-electron chi connectivity index (χ1n) is 6.08. The zero-order valence-electron chi connectivity index (χ0n) is 10.5. The van der Waals surface area contributed by atoms with Gasteiger partial charge in [0.05, 0.1) is 6.04 Å². The van der Waals surface area contributed by atoms with Gasteiger partial charge in [0.15, 0.2) is 5.01 Å². The van der Waals surface area contributed by atoms with E-state index in [-0.39, 0.29) is 11.9 Å². The Bertz CT molecular complexity index is 512. The van der Waals surface area contributed by atoms with Crippen molar-refractivity contribution >= 4 is 11.3 Å². The third-order valence-corrected chi connectivity index (χ3v) is 3.77. The lowest BCUT2D eigenvalue weighted by Gasteiger charge is -2.10. The fourth-order valence-electron chi connectivity index (χ4n) is 1.77. The summed E-state index contributed by atoms with van der Waals surface area (Å²) in [5.74, 6) is -0.253. The van der Waals surface area contributed by atoms with Crippen LogP contribution in [0.15, 0.2) is 24.3 Å². The van der Waals surface area contributed by atoms with Gasteiger partial charge in [-0.15, -0.1) is 10.2 Å². The van der Waals surface area contributed by atoms with Gasteiger partial charge in [-0.1, -0.05) is 37.3 Å². The van der Waals surface area contributed by atoms with Gasteiger partial charge in [-0.2, -0.15) is 0 Å². The minimum Gasteiger partial charge on any atom is -0.308 e. The van der Waals surface area contributed by atoms with E-state index < -0.39 is 0 Å². The second-order valence-electron chi connectivity index (χ2n) is 3.94. The Labute approximate surface area is 110 Å². The molecule has 0 saturated carbocycles. The van der Waals surface area contributed by atoms with Crippen LogP contribution in [0.25, 0.3) is 10.6 Å². The van der Waals surface area contributed by atoms with Crippen LogP contribution in [-0.2, 0) is 0 Å². The van der Waals surface area contributed by atoms with Crippen LogP contribution in [0.5, 0.6) is 0 Å². The molecule has 0 aliphatic heterocycles. The molecule has 3 nitrogen and oxygen atoms in total. The highest BCUT2D eigenvalue weighted by atomic mass is 32.1. The van der Waals surface area contributed by atoms with Gasteiger partial charge in [-0.25, -0.2) is 4.39 Å². The van der Waals surface area contributed by atoms with Gasteiger partial charge in [0.2, 0.25) is 0 Å². The lowest BCUT2D eigenvalue weighted by atomic mass is 10.2. The molecule has 96 valence electrons. The van der Waals surface area contributed by atoms with E-state index in [1.807, 2.05) is 0 Å². The quantitative estimate of drug-likeness (QED) is 0.900. The molecule has 0 aliphatic carbocycles. The average molecular weight is 265 g/mol. The molecular formula is C13H16FN3S. The topological polar surface area (TPSA) is 37.8 Å². The number of nitrogens with one attached hydrogen (secondary N) is 1. The fraction of sp³-hybridized carbons (Fsp3) is 0.385. The summed E-state index contributed by atoms with van der Waals surface area (Å²) < 4.78 is 13.6. The molecule has 0 aliphatic rings. The second-order valence-corrected chi connectivity index (χ2v) is 4.95. The molecule has 1 aromatic heterocycles. The average Bonchev–Trinajstić information content (AvgIpc) is 2.85. The maximum Gasteiger partial charge on any atom is 0.150 e. The maximum atomic E-state index is 13.6. The van der Waals surface area contributed by atoms with Crippen LogP contribution in [0.3, 0.4) is 0 Å². The number of hydrogen-bond acceptors (Lipinski definition) is 4. The van der Waals surface area contributed by atoms with Gasteiger partial charge in [-0.05, 0) is 25.1 Å². The predicted molar refractivity (Wildman–Crippen MR) is 72.0 cm³/mol. The van der Waals surface area contributed by atoms with Gasteiger partial charge >= 0.3 is 0 Å². The summed E-state index contributed by atoms with van der Waals surface area (Å²) in [5, 5.41) is 13.1. The molecule has 0 radical (unpaired) electrons. The van der Waals surface area contributed by atoms with E-state index in [2.05, 4.69) is 29.4 Å². The maximum absolute atomic E-state index is 13.6. The summed E-state index contributed by atoms with van der Waals surface area (Å²) in [6.07, 6.45) is 0.944. The SMILES string of the molecule is CCNC(CC)c1nnc(-c2ccccc2F)s1. The summed E-state index contributed by atoms with van der Waals surface area (Å²) in [6.45, 7) is 5.03. The summed E-state index contributed by atoms with van der Waals surface area (Å²) >= 11 is 1.45. The Kier molecular flexibility index (Phi) is 4.38. The number of rotatable bonds is 5. The van der Waals surface area contributed by atoms with Crippen LogP contribution in [0.2, 0.25) is 0 Å². The Balaban J connectivity index is 2.28. The Hall–Kier alpha value is -1.33. The Morgan fingerprint density at radius 3 is 2.72 bits per heavy atom. The van der Waals surface area contributed by atoms with Gasteiger partial charge in [-0.3, -0.25) is 0 Å². The van der Waals surface area contributed by atoms with Crippen molar-refractivity contribution in [2.45, 2.75) is 26.3 Å². The van der Waals surface area contributed by atoms with Crippen molar-refractivity contribution < 1.29 is 4.39 Å². The molecule has 2 rings (SSSR count). The number of aromatic nitrogens is 2. The van der Waals surface area contributed by atoms with E-state index in [9.17, 15) is 4.39 Å². The predicted octanol–water partition coefficient (Wildman–Crippen LogP) is 3.40. The Morgan fingerprint density at radius 1 is 1.28 bits per heavy atom. The third kappa shape index (κ3) is 2.73. The largest absolute Gasteiger partial charge is 0.308 e. The molecule has 0 fully saturated rings. The van der Waals surface area contributed by atoms with Crippen molar-refractivity contribution in [3.8, 4) is 10.6 Å². The first-order chi connectivity index (χ1) is 8.76. The van der Waals surface area contributed by atoms with Crippen LogP contribution >= 0.6 is 11.3 Å². The van der Waals surface area contributed by atoms with Gasteiger partial charge < -0.3 is 5.32 Å². The molecule has 1 heterocycles. The van der Waals surface area contributed by atoms with E-state index in [4.69, 9.17) is 0 Å². The number of halogens is 1. The zero-order valence-corrected chi connectivity index (χ0v) is 11.3. The molecular weight excluding hydrogens is 249 g/mol. The monoisotopic (exact) mass is 265 g/mol. The molecule has 1 unspecified atom stereocenters. The van der Waals surface area contributed by atoms with Crippen molar-refractivity contribution in [3.63, 3.8) is 0 Å². The second kappa shape index (κ2) is 6.02. The van der Waals surface area contributed by atoms with Crippen LogP contribution in [0, 0.1) is 5.82 Å². The van der Waals surface area contributed by atoms with Crippen LogP contribution in [0.4, 0.5) is 4.39 Å². The molecule has 1 atom stereocenters. The lowest BCUT2D eigenvalue weighted by molar-refractivity contribution is 0.531. The molecule has 0 bridgehead atoms. The van der Waals surface area contributed by atoms with Crippen molar-refractivity contribution in [2.24, 2.45) is 0 Å². The molecule has 1 aromatic carbocycles. The van der Waals surface area contributed by atoms with Gasteiger partial charge in [0.25, 0.3) is 0 Å². The normalized spacial score (nSPS) is 12.6. The Morgan fingerprint density at radius 2 is 2.06 bits per heavy atom. The van der Waals surface area contributed by atoms with Crippen molar-refractivity contribution in [3.05, 3.63) is 35.1 Å². The summed E-state index contributed by atoms with van der Waals surface area (Å²) in [6, 6.07) is 6.86. The zero-order chi connectivity index (χ0) is 13.0. The van der Waals surface area contributed by atoms with Crippen molar-refractivity contribution in [2.75, 3.05) is 6.54 Å². The van der Waals surface area contributed by atoms with E-state index >= 15 is 0 Å². The first-order valence-corrected chi connectivity index (χ1v) is 6.89. The van der Waals surface area contributed by atoms with Crippen molar-refractivity contribution in [1.82, 2.24) is 15.5 Å². The minimum absolute atomic E-state index is 0.202. The van der Waals surface area contributed by atoms with E-state index in [1.165, 1.54) is 17.4 Å². The molecule has 2 aromatic rings. The minimum atomic E-state index is -0.253. The first kappa shape index (κ1) is 13.1. The lowest BCUT2D eigenvalue weighted by Crippen LogP contribution is -2.19. The van der Waals surface area contributed by atoms with Crippen molar-refractivity contribution in [1.29, 1.82) is 0 Å². The summed E-state index contributed by atoms with van der Waals surface area (Å²) in [4.78, 5) is 0. The van der Waals surface area contributed by atoms with Crippen LogP contribution < -0.4 is 5.32 Å². The van der Waals surface area contributed by atoms with E-state index in [1.54, 1.807) is 18.2 Å². The number of benzene rings is 1. The van der Waals surface area contributed by atoms with Gasteiger partial charge in [0, 0.05) is 5.56 Å². The van der Waals surface area contributed by atoms with Crippen LogP contribution in [-0.4, -0.2) is 16.7 Å². The van der Waals surface area contributed by atoms with Gasteiger partial charge in [0.1, 0.15) is 10.8 Å². The molecule has 0 spiro atoms. The van der Waals surface area contributed by atoms with E-state index in [0.29, 0.717) is 10.6 Å². The summed E-state index contributed by atoms with van der Waals surface area (Å²) in [7, 11) is 0.